The first-order valence-corrected chi connectivity index (χ1v) is 11.9. The average molecular weight is 498 g/mol. The van der Waals surface area contributed by atoms with E-state index < -0.39 is 36.0 Å². The number of methoxy groups -OCH3 is 1. The van der Waals surface area contributed by atoms with Crippen molar-refractivity contribution in [1.82, 2.24) is 25.5 Å². The summed E-state index contributed by atoms with van der Waals surface area (Å²) in [6.07, 6.45) is -1.56. The van der Waals surface area contributed by atoms with Gasteiger partial charge in [-0.2, -0.15) is 0 Å². The van der Waals surface area contributed by atoms with Gasteiger partial charge in [0.05, 0.1) is 36.8 Å². The quantitative estimate of drug-likeness (QED) is 0.475. The monoisotopic (exact) mass is 497 g/mol. The van der Waals surface area contributed by atoms with Crippen LogP contribution < -0.4 is 15.4 Å². The van der Waals surface area contributed by atoms with E-state index in [-0.39, 0.29) is 13.1 Å². The number of rotatable bonds is 6. The molecule has 0 bridgehead atoms. The van der Waals surface area contributed by atoms with Gasteiger partial charge < -0.3 is 30.0 Å². The summed E-state index contributed by atoms with van der Waals surface area (Å²) in [6, 6.07) is 13.2. The largest absolute Gasteiger partial charge is 0.497 e. The van der Waals surface area contributed by atoms with Gasteiger partial charge in [0.1, 0.15) is 23.3 Å². The number of urea groups is 1. The molecule has 2 heterocycles. The van der Waals surface area contributed by atoms with Gasteiger partial charge in [0.15, 0.2) is 0 Å². The van der Waals surface area contributed by atoms with Gasteiger partial charge in [0.25, 0.3) is 0 Å². The summed E-state index contributed by atoms with van der Waals surface area (Å²) in [7, 11) is 1.60. The predicted octanol–water partition coefficient (Wildman–Crippen LogP) is 4.11. The van der Waals surface area contributed by atoms with Crippen LogP contribution in [0, 0.1) is 0 Å². The maximum absolute atomic E-state index is 14.7. The number of carbonyl (C=O) groups is 2. The van der Waals surface area contributed by atoms with Crippen molar-refractivity contribution in [2.75, 3.05) is 20.2 Å². The summed E-state index contributed by atoms with van der Waals surface area (Å²) in [5.74, 6) is 1.32. The van der Waals surface area contributed by atoms with Crippen molar-refractivity contribution in [2.24, 2.45) is 0 Å². The van der Waals surface area contributed by atoms with Gasteiger partial charge in [-0.3, -0.25) is 0 Å². The van der Waals surface area contributed by atoms with Crippen molar-refractivity contribution in [1.29, 1.82) is 0 Å². The summed E-state index contributed by atoms with van der Waals surface area (Å²) in [5.41, 5.74) is 1.90. The Bertz CT molecular complexity index is 1170. The van der Waals surface area contributed by atoms with Crippen LogP contribution in [-0.2, 0) is 11.2 Å². The molecule has 3 N–H and O–H groups in total. The van der Waals surface area contributed by atoms with Gasteiger partial charge in [-0.25, -0.2) is 19.0 Å². The van der Waals surface area contributed by atoms with Gasteiger partial charge >= 0.3 is 12.1 Å². The number of alkyl halides is 1. The highest BCUT2D eigenvalue weighted by Crippen LogP contribution is 2.22. The Balaban J connectivity index is 1.46. The predicted molar refractivity (Wildman–Crippen MR) is 134 cm³/mol. The number of hydrogen-bond donors (Lipinski definition) is 3. The lowest BCUT2D eigenvalue weighted by Gasteiger charge is -2.24. The van der Waals surface area contributed by atoms with Crippen molar-refractivity contribution in [2.45, 2.75) is 51.0 Å². The Labute approximate surface area is 209 Å². The fourth-order valence-electron chi connectivity index (χ4n) is 4.09. The molecule has 1 aliphatic rings. The molecule has 3 amide bonds. The van der Waals surface area contributed by atoms with E-state index in [1.807, 2.05) is 48.5 Å². The maximum atomic E-state index is 14.7. The van der Waals surface area contributed by atoms with E-state index in [1.165, 1.54) is 4.90 Å². The lowest BCUT2D eigenvalue weighted by molar-refractivity contribution is 0.0282. The Kier molecular flexibility index (Phi) is 7.32. The molecule has 1 aromatic heterocycles. The zero-order valence-corrected chi connectivity index (χ0v) is 20.9. The molecule has 0 radical (unpaired) electrons. The van der Waals surface area contributed by atoms with Gasteiger partial charge in [-0.1, -0.05) is 24.3 Å². The number of imidazole rings is 1. The first-order valence-electron chi connectivity index (χ1n) is 11.9. The highest BCUT2D eigenvalue weighted by molar-refractivity contribution is 5.77. The van der Waals surface area contributed by atoms with E-state index in [4.69, 9.17) is 9.47 Å². The Morgan fingerprint density at radius 2 is 1.89 bits per heavy atom. The van der Waals surface area contributed by atoms with Crippen LogP contribution in [0.5, 0.6) is 5.75 Å². The first kappa shape index (κ1) is 25.3. The summed E-state index contributed by atoms with van der Waals surface area (Å²) >= 11 is 0. The van der Waals surface area contributed by atoms with Crippen LogP contribution in [0.25, 0.3) is 11.0 Å². The minimum atomic E-state index is -1.41. The van der Waals surface area contributed by atoms with Crippen LogP contribution in [0.1, 0.15) is 38.2 Å². The highest BCUT2D eigenvalue weighted by Gasteiger charge is 2.38. The Morgan fingerprint density at radius 3 is 2.56 bits per heavy atom. The van der Waals surface area contributed by atoms with Crippen LogP contribution >= 0.6 is 0 Å². The van der Waals surface area contributed by atoms with Gasteiger partial charge in [-0.05, 0) is 57.0 Å². The van der Waals surface area contributed by atoms with E-state index in [9.17, 15) is 14.0 Å². The highest BCUT2D eigenvalue weighted by atomic mass is 19.1. The number of nitrogens with one attached hydrogen (secondary N) is 3. The lowest BCUT2D eigenvalue weighted by Crippen LogP contribution is -2.48. The SMILES string of the molecule is COc1ccc(C[C@@H](NC(=O)N[C@H]2CN(C(=O)OC(C)(C)C)C[C@@H]2F)c2nc3ccccc3[nH]2)cc1. The summed E-state index contributed by atoms with van der Waals surface area (Å²) in [4.78, 5) is 34.5. The number of H-pyrrole nitrogens is 1. The molecule has 0 spiro atoms. The van der Waals surface area contributed by atoms with Crippen LogP contribution in [0.4, 0.5) is 14.0 Å². The molecule has 36 heavy (non-hydrogen) atoms. The molecule has 3 aromatic rings. The second-order valence-corrected chi connectivity index (χ2v) is 9.87. The van der Waals surface area contributed by atoms with Crippen LogP contribution in [0.15, 0.2) is 48.5 Å². The van der Waals surface area contributed by atoms with E-state index in [2.05, 4.69) is 20.6 Å². The van der Waals surface area contributed by atoms with Crippen molar-refractivity contribution < 1.29 is 23.5 Å². The number of hydrogen-bond acceptors (Lipinski definition) is 5. The van der Waals surface area contributed by atoms with E-state index >= 15 is 0 Å². The number of benzene rings is 2. The standard InChI is InChI=1S/C26H32FN5O4/c1-26(2,3)36-25(34)32-14-18(27)22(15-32)31-24(33)30-21(13-16-9-11-17(35-4)12-10-16)23-28-19-7-5-6-8-20(19)29-23/h5-12,18,21-22H,13-15H2,1-4H3,(H,28,29)(H2,30,31,33)/t18-,21+,22-/m0/s1. The zero-order chi connectivity index (χ0) is 25.9. The third-order valence-corrected chi connectivity index (χ3v) is 5.86. The Hall–Kier alpha value is -3.82. The molecule has 9 nitrogen and oxygen atoms in total. The number of nitrogens with zero attached hydrogens (tertiary/aromatic N) is 2. The number of likely N-dealkylation sites (tertiary alicyclic amines) is 1. The molecule has 2 aromatic carbocycles. The second kappa shape index (κ2) is 10.4. The molecule has 1 aliphatic heterocycles. The second-order valence-electron chi connectivity index (χ2n) is 9.87. The van der Waals surface area contributed by atoms with Crippen molar-refractivity contribution in [3.8, 4) is 5.75 Å². The molecule has 0 saturated carbocycles. The maximum Gasteiger partial charge on any atom is 0.410 e. The summed E-state index contributed by atoms with van der Waals surface area (Å²) in [5, 5.41) is 5.60. The molecule has 1 fully saturated rings. The summed E-state index contributed by atoms with van der Waals surface area (Å²) < 4.78 is 25.2. The van der Waals surface area contributed by atoms with Crippen molar-refractivity contribution in [3.05, 3.63) is 59.9 Å². The number of halogens is 1. The molecule has 192 valence electrons. The van der Waals surface area contributed by atoms with E-state index in [0.717, 1.165) is 22.3 Å². The third kappa shape index (κ3) is 6.24. The molecule has 0 aliphatic carbocycles. The number of aromatic amines is 1. The summed E-state index contributed by atoms with van der Waals surface area (Å²) in [6.45, 7) is 5.13. The average Bonchev–Trinajstić information content (AvgIpc) is 3.42. The number of aromatic nitrogens is 2. The molecule has 3 atom stereocenters. The number of ether oxygens (including phenoxy) is 2. The topological polar surface area (TPSA) is 109 Å². The van der Waals surface area contributed by atoms with Crippen LogP contribution in [0.3, 0.4) is 0 Å². The molecule has 1 saturated heterocycles. The number of para-hydroxylation sites is 2. The van der Waals surface area contributed by atoms with Gasteiger partial charge in [0.2, 0.25) is 0 Å². The molecular formula is C26H32FN5O4. The molecule has 4 rings (SSSR count). The molecule has 0 unspecified atom stereocenters. The fraction of sp³-hybridized carbons (Fsp3) is 0.423. The van der Waals surface area contributed by atoms with Crippen LogP contribution in [0.2, 0.25) is 0 Å². The smallest absolute Gasteiger partial charge is 0.410 e. The minimum Gasteiger partial charge on any atom is -0.497 e. The van der Waals surface area contributed by atoms with E-state index in [1.54, 1.807) is 27.9 Å². The Morgan fingerprint density at radius 1 is 1.17 bits per heavy atom. The minimum absolute atomic E-state index is 0.0251. The number of amides is 3. The zero-order valence-electron chi connectivity index (χ0n) is 20.9. The van der Waals surface area contributed by atoms with E-state index in [0.29, 0.717) is 12.2 Å². The van der Waals surface area contributed by atoms with Gasteiger partial charge in [-0.15, -0.1) is 0 Å². The molecular weight excluding hydrogens is 465 g/mol. The van der Waals surface area contributed by atoms with Gasteiger partial charge in [0, 0.05) is 6.54 Å². The van der Waals surface area contributed by atoms with Crippen LogP contribution in [-0.4, -0.2) is 65.0 Å². The third-order valence-electron chi connectivity index (χ3n) is 5.86. The van der Waals surface area contributed by atoms with Crippen molar-refractivity contribution in [3.63, 3.8) is 0 Å². The molecule has 10 heteroatoms. The lowest BCUT2D eigenvalue weighted by atomic mass is 10.1. The van der Waals surface area contributed by atoms with Crippen molar-refractivity contribution >= 4 is 23.2 Å². The number of carbonyl (C=O) groups excluding carboxylic acids is 2. The fourth-order valence-corrected chi connectivity index (χ4v) is 4.09. The number of fused-ring (bicyclic) bond motifs is 1. The normalized spacial score (nSPS) is 18.6. The first-order chi connectivity index (χ1) is 17.1.